The molecule has 0 saturated carbocycles. The summed E-state index contributed by atoms with van der Waals surface area (Å²) in [5.74, 6) is 0.156. The van der Waals surface area contributed by atoms with Crippen LogP contribution in [0, 0.1) is 0 Å². The van der Waals surface area contributed by atoms with E-state index < -0.39 is 10.2 Å². The Kier molecular flexibility index (Phi) is 4.52. The van der Waals surface area contributed by atoms with Gasteiger partial charge in [-0.15, -0.1) is 0 Å². The van der Waals surface area contributed by atoms with Gasteiger partial charge < -0.3 is 0 Å². The highest BCUT2D eigenvalue weighted by Crippen LogP contribution is 2.29. The fraction of sp³-hybridized carbons (Fsp3) is 0.438. The number of nitrogens with zero attached hydrogens (tertiary/aromatic N) is 3. The smallest absolute Gasteiger partial charge is 0.281 e. The molecule has 3 rings (SSSR count). The first-order valence-electron chi connectivity index (χ1n) is 7.77. The summed E-state index contributed by atoms with van der Waals surface area (Å²) in [7, 11) is -0.210. The number of benzene rings is 1. The second-order valence-corrected chi connectivity index (χ2v) is 8.20. The quantitative estimate of drug-likeness (QED) is 0.930. The van der Waals surface area contributed by atoms with Crippen molar-refractivity contribution in [3.8, 4) is 11.3 Å². The fourth-order valence-corrected chi connectivity index (χ4v) is 4.13. The van der Waals surface area contributed by atoms with Crippen molar-refractivity contribution >= 4 is 10.2 Å². The van der Waals surface area contributed by atoms with E-state index in [1.54, 1.807) is 18.4 Å². The SMILES string of the molecule is CN(C)S(=O)(=O)N1CCC[C@H](c2cc(-c3ccccc3)n[nH]2)C1. The minimum absolute atomic E-state index is 0.156. The first kappa shape index (κ1) is 16.2. The highest BCUT2D eigenvalue weighted by Gasteiger charge is 2.31. The van der Waals surface area contributed by atoms with Crippen LogP contribution in [0.25, 0.3) is 11.3 Å². The van der Waals surface area contributed by atoms with Crippen molar-refractivity contribution in [3.63, 3.8) is 0 Å². The van der Waals surface area contributed by atoms with Crippen molar-refractivity contribution in [2.24, 2.45) is 0 Å². The lowest BCUT2D eigenvalue weighted by Crippen LogP contribution is -2.44. The summed E-state index contributed by atoms with van der Waals surface area (Å²) in [6.07, 6.45) is 1.83. The molecule has 23 heavy (non-hydrogen) atoms. The zero-order valence-electron chi connectivity index (χ0n) is 13.4. The van der Waals surface area contributed by atoms with Crippen LogP contribution in [0.4, 0.5) is 0 Å². The number of hydrogen-bond donors (Lipinski definition) is 1. The molecule has 1 aromatic heterocycles. The van der Waals surface area contributed by atoms with Crippen molar-refractivity contribution in [1.29, 1.82) is 0 Å². The number of H-pyrrole nitrogens is 1. The molecule has 0 aliphatic carbocycles. The highest BCUT2D eigenvalue weighted by atomic mass is 32.2. The summed E-state index contributed by atoms with van der Waals surface area (Å²) in [4.78, 5) is 0. The van der Waals surface area contributed by atoms with Crippen LogP contribution in [-0.2, 0) is 10.2 Å². The standard InChI is InChI=1S/C16H22N4O2S/c1-19(2)23(21,22)20-10-6-9-14(12-20)16-11-15(17-18-16)13-7-4-3-5-8-13/h3-5,7-8,11,14H,6,9-10,12H2,1-2H3,(H,17,18)/t14-/m0/s1. The van der Waals surface area contributed by atoms with Crippen LogP contribution in [0.15, 0.2) is 36.4 Å². The van der Waals surface area contributed by atoms with Gasteiger partial charge in [-0.05, 0) is 18.9 Å². The number of aromatic amines is 1. The van der Waals surface area contributed by atoms with Crippen LogP contribution in [0.5, 0.6) is 0 Å². The van der Waals surface area contributed by atoms with E-state index in [2.05, 4.69) is 10.2 Å². The van der Waals surface area contributed by atoms with Gasteiger partial charge in [-0.3, -0.25) is 5.10 Å². The van der Waals surface area contributed by atoms with E-state index in [4.69, 9.17) is 0 Å². The van der Waals surface area contributed by atoms with Crippen LogP contribution in [-0.4, -0.2) is 54.4 Å². The summed E-state index contributed by atoms with van der Waals surface area (Å²) in [6.45, 7) is 1.08. The van der Waals surface area contributed by atoms with Gasteiger partial charge in [0.05, 0.1) is 5.69 Å². The van der Waals surface area contributed by atoms with E-state index in [-0.39, 0.29) is 5.92 Å². The predicted molar refractivity (Wildman–Crippen MR) is 90.2 cm³/mol. The average Bonchev–Trinajstić information content (AvgIpc) is 3.06. The Morgan fingerprint density at radius 3 is 2.70 bits per heavy atom. The van der Waals surface area contributed by atoms with Crippen molar-refractivity contribution in [1.82, 2.24) is 18.8 Å². The molecule has 0 spiro atoms. The average molecular weight is 334 g/mol. The molecule has 1 saturated heterocycles. The highest BCUT2D eigenvalue weighted by molar-refractivity contribution is 7.86. The molecule has 0 amide bonds. The van der Waals surface area contributed by atoms with Gasteiger partial charge in [0.15, 0.2) is 0 Å². The summed E-state index contributed by atoms with van der Waals surface area (Å²) in [5, 5.41) is 7.47. The van der Waals surface area contributed by atoms with Crippen LogP contribution >= 0.6 is 0 Å². The summed E-state index contributed by atoms with van der Waals surface area (Å²) in [6, 6.07) is 12.0. The molecule has 1 fully saturated rings. The van der Waals surface area contributed by atoms with E-state index in [1.807, 2.05) is 36.4 Å². The molecular formula is C16H22N4O2S. The molecule has 2 heterocycles. The Bertz CT molecular complexity index is 755. The molecule has 1 N–H and O–H groups in total. The van der Waals surface area contributed by atoms with Crippen LogP contribution in [0.2, 0.25) is 0 Å². The van der Waals surface area contributed by atoms with Gasteiger partial charge >= 0.3 is 0 Å². The van der Waals surface area contributed by atoms with Crippen molar-refractivity contribution < 1.29 is 8.42 Å². The van der Waals surface area contributed by atoms with Gasteiger partial charge in [0.1, 0.15) is 0 Å². The first-order chi connectivity index (χ1) is 11.0. The minimum Gasteiger partial charge on any atom is -0.282 e. The second kappa shape index (κ2) is 6.43. The monoisotopic (exact) mass is 334 g/mol. The third-order valence-electron chi connectivity index (χ3n) is 4.28. The maximum absolute atomic E-state index is 12.3. The molecule has 6 nitrogen and oxygen atoms in total. The minimum atomic E-state index is -3.35. The third-order valence-corrected chi connectivity index (χ3v) is 6.19. The van der Waals surface area contributed by atoms with Crippen LogP contribution < -0.4 is 0 Å². The van der Waals surface area contributed by atoms with Gasteiger partial charge in [-0.25, -0.2) is 0 Å². The number of aromatic nitrogens is 2. The Hall–Kier alpha value is -1.70. The Balaban J connectivity index is 1.79. The van der Waals surface area contributed by atoms with Crippen molar-refractivity contribution in [2.75, 3.05) is 27.2 Å². The van der Waals surface area contributed by atoms with Gasteiger partial charge in [-0.1, -0.05) is 30.3 Å². The number of piperidine rings is 1. The summed E-state index contributed by atoms with van der Waals surface area (Å²) >= 11 is 0. The number of hydrogen-bond acceptors (Lipinski definition) is 3. The van der Waals surface area contributed by atoms with E-state index in [0.29, 0.717) is 13.1 Å². The molecule has 0 unspecified atom stereocenters. The van der Waals surface area contributed by atoms with Crippen molar-refractivity contribution in [2.45, 2.75) is 18.8 Å². The Morgan fingerprint density at radius 2 is 2.00 bits per heavy atom. The number of nitrogens with one attached hydrogen (secondary N) is 1. The molecule has 7 heteroatoms. The summed E-state index contributed by atoms with van der Waals surface area (Å²) < 4.78 is 27.5. The van der Waals surface area contributed by atoms with E-state index in [0.717, 1.165) is 29.8 Å². The van der Waals surface area contributed by atoms with E-state index >= 15 is 0 Å². The molecule has 1 atom stereocenters. The van der Waals surface area contributed by atoms with Gasteiger partial charge in [0.25, 0.3) is 10.2 Å². The number of rotatable bonds is 4. The second-order valence-electron chi connectivity index (χ2n) is 6.06. The molecule has 2 aromatic rings. The fourth-order valence-electron chi connectivity index (χ4n) is 2.94. The third kappa shape index (κ3) is 3.31. The van der Waals surface area contributed by atoms with Crippen LogP contribution in [0.1, 0.15) is 24.5 Å². The molecule has 0 bridgehead atoms. The lowest BCUT2D eigenvalue weighted by atomic mass is 9.96. The molecule has 1 aliphatic heterocycles. The first-order valence-corrected chi connectivity index (χ1v) is 9.16. The zero-order valence-corrected chi connectivity index (χ0v) is 14.3. The van der Waals surface area contributed by atoms with Gasteiger partial charge in [0.2, 0.25) is 0 Å². The van der Waals surface area contributed by atoms with Gasteiger partial charge in [0, 0.05) is 44.4 Å². The molecule has 0 radical (unpaired) electrons. The normalized spacial score (nSPS) is 20.0. The molecule has 1 aliphatic rings. The maximum atomic E-state index is 12.3. The summed E-state index contributed by atoms with van der Waals surface area (Å²) in [5.41, 5.74) is 2.96. The molecule has 124 valence electrons. The van der Waals surface area contributed by atoms with E-state index in [9.17, 15) is 8.42 Å². The van der Waals surface area contributed by atoms with Crippen molar-refractivity contribution in [3.05, 3.63) is 42.1 Å². The lowest BCUT2D eigenvalue weighted by molar-refractivity contribution is 0.296. The molecular weight excluding hydrogens is 312 g/mol. The predicted octanol–water partition coefficient (Wildman–Crippen LogP) is 2.06. The maximum Gasteiger partial charge on any atom is 0.281 e. The zero-order chi connectivity index (χ0) is 16.4. The van der Waals surface area contributed by atoms with Gasteiger partial charge in [-0.2, -0.15) is 22.1 Å². The lowest BCUT2D eigenvalue weighted by Gasteiger charge is -2.32. The Morgan fingerprint density at radius 1 is 1.26 bits per heavy atom. The topological polar surface area (TPSA) is 69.3 Å². The largest absolute Gasteiger partial charge is 0.282 e. The molecule has 1 aromatic carbocycles. The Labute approximate surface area is 137 Å². The van der Waals surface area contributed by atoms with E-state index in [1.165, 1.54) is 4.31 Å². The van der Waals surface area contributed by atoms with Crippen LogP contribution in [0.3, 0.4) is 0 Å².